The topological polar surface area (TPSA) is 101 Å². The van der Waals surface area contributed by atoms with Gasteiger partial charge in [0.1, 0.15) is 0 Å². The van der Waals surface area contributed by atoms with Gasteiger partial charge in [-0.1, -0.05) is 5.16 Å². The molecule has 0 spiro atoms. The van der Waals surface area contributed by atoms with Crippen LogP contribution in [-0.2, 0) is 10.0 Å². The molecule has 2 aromatic rings. The molecule has 0 saturated heterocycles. The van der Waals surface area contributed by atoms with E-state index in [2.05, 4.69) is 15.2 Å². The van der Waals surface area contributed by atoms with E-state index in [1.807, 2.05) is 0 Å². The summed E-state index contributed by atoms with van der Waals surface area (Å²) >= 11 is 0. The van der Waals surface area contributed by atoms with Crippen LogP contribution < -0.4 is 10.0 Å². The molecule has 7 nitrogen and oxygen atoms in total. The number of nitrogens with zero attached hydrogens (tertiary/aromatic N) is 1. The molecular weight excluding hydrogens is 306 g/mol. The van der Waals surface area contributed by atoms with Crippen molar-refractivity contribution in [3.05, 3.63) is 41.8 Å². The Morgan fingerprint density at radius 2 is 1.86 bits per heavy atom. The van der Waals surface area contributed by atoms with E-state index >= 15 is 0 Å². The van der Waals surface area contributed by atoms with Gasteiger partial charge in [-0.2, -0.15) is 0 Å². The van der Waals surface area contributed by atoms with Crippen molar-refractivity contribution in [2.24, 2.45) is 0 Å². The SMILES string of the molecule is Cc1cc(C(=O)Nc2ccc(S(=O)(=O)NC(C)C)cc2)on1. The number of anilines is 1. The smallest absolute Gasteiger partial charge is 0.294 e. The van der Waals surface area contributed by atoms with Crippen molar-refractivity contribution in [3.63, 3.8) is 0 Å². The zero-order chi connectivity index (χ0) is 16.3. The first-order chi connectivity index (χ1) is 10.3. The largest absolute Gasteiger partial charge is 0.351 e. The van der Waals surface area contributed by atoms with E-state index in [1.54, 1.807) is 20.8 Å². The van der Waals surface area contributed by atoms with Gasteiger partial charge < -0.3 is 9.84 Å². The fourth-order valence-corrected chi connectivity index (χ4v) is 3.01. The molecule has 0 aliphatic rings. The molecule has 0 aliphatic carbocycles. The second-order valence-electron chi connectivity index (χ2n) is 5.09. The van der Waals surface area contributed by atoms with Crippen LogP contribution in [0.25, 0.3) is 0 Å². The molecule has 2 N–H and O–H groups in total. The van der Waals surface area contributed by atoms with Gasteiger partial charge >= 0.3 is 0 Å². The molecule has 0 saturated carbocycles. The maximum Gasteiger partial charge on any atom is 0.294 e. The number of hydrogen-bond acceptors (Lipinski definition) is 5. The molecule has 118 valence electrons. The van der Waals surface area contributed by atoms with Gasteiger partial charge in [-0.05, 0) is 45.0 Å². The molecule has 1 aromatic heterocycles. The fourth-order valence-electron chi connectivity index (χ4n) is 1.76. The summed E-state index contributed by atoms with van der Waals surface area (Å²) < 4.78 is 31.3. The van der Waals surface area contributed by atoms with Crippen LogP contribution in [0, 0.1) is 6.92 Å². The number of rotatable bonds is 5. The van der Waals surface area contributed by atoms with Crippen LogP contribution in [0.1, 0.15) is 30.1 Å². The van der Waals surface area contributed by atoms with Crippen molar-refractivity contribution in [1.29, 1.82) is 0 Å². The third kappa shape index (κ3) is 3.92. The summed E-state index contributed by atoms with van der Waals surface area (Å²) in [7, 11) is -3.54. The van der Waals surface area contributed by atoms with Crippen LogP contribution in [0.2, 0.25) is 0 Å². The van der Waals surface area contributed by atoms with E-state index in [0.29, 0.717) is 11.4 Å². The quantitative estimate of drug-likeness (QED) is 0.875. The van der Waals surface area contributed by atoms with Crippen molar-refractivity contribution >= 4 is 21.6 Å². The van der Waals surface area contributed by atoms with Gasteiger partial charge in [0.2, 0.25) is 15.8 Å². The zero-order valence-electron chi connectivity index (χ0n) is 12.5. The van der Waals surface area contributed by atoms with E-state index < -0.39 is 15.9 Å². The summed E-state index contributed by atoms with van der Waals surface area (Å²) in [4.78, 5) is 12.0. The third-order valence-corrected chi connectivity index (χ3v) is 4.34. The molecular formula is C14H17N3O4S. The Morgan fingerprint density at radius 3 is 2.36 bits per heavy atom. The summed E-state index contributed by atoms with van der Waals surface area (Å²) in [5.41, 5.74) is 1.06. The minimum Gasteiger partial charge on any atom is -0.351 e. The molecule has 22 heavy (non-hydrogen) atoms. The summed E-state index contributed by atoms with van der Waals surface area (Å²) in [6.45, 7) is 5.19. The molecule has 0 fully saturated rings. The van der Waals surface area contributed by atoms with E-state index in [0.717, 1.165) is 0 Å². The number of sulfonamides is 1. The second kappa shape index (κ2) is 6.29. The number of carbonyl (C=O) groups is 1. The highest BCUT2D eigenvalue weighted by Crippen LogP contribution is 2.15. The number of hydrogen-bond donors (Lipinski definition) is 2. The van der Waals surface area contributed by atoms with Gasteiger partial charge in [0.15, 0.2) is 0 Å². The molecule has 8 heteroatoms. The number of benzene rings is 1. The first-order valence-electron chi connectivity index (χ1n) is 6.65. The molecule has 0 bridgehead atoms. The number of aromatic nitrogens is 1. The highest BCUT2D eigenvalue weighted by Gasteiger charge is 2.16. The highest BCUT2D eigenvalue weighted by molar-refractivity contribution is 7.89. The molecule has 0 unspecified atom stereocenters. The monoisotopic (exact) mass is 323 g/mol. The second-order valence-corrected chi connectivity index (χ2v) is 6.80. The number of carbonyl (C=O) groups excluding carboxylic acids is 1. The first-order valence-corrected chi connectivity index (χ1v) is 8.13. The predicted octanol–water partition coefficient (Wildman–Crippen LogP) is 1.92. The number of aryl methyl sites for hydroxylation is 1. The first kappa shape index (κ1) is 16.2. The van der Waals surface area contributed by atoms with Gasteiger partial charge in [-0.25, -0.2) is 13.1 Å². The van der Waals surface area contributed by atoms with Gasteiger partial charge in [-0.3, -0.25) is 4.79 Å². The van der Waals surface area contributed by atoms with Gasteiger partial charge in [0.25, 0.3) is 5.91 Å². The summed E-state index contributed by atoms with van der Waals surface area (Å²) in [5, 5.41) is 6.23. The predicted molar refractivity (Wildman–Crippen MR) is 81.1 cm³/mol. The maximum absolute atomic E-state index is 12.0. The summed E-state index contributed by atoms with van der Waals surface area (Å²) in [6, 6.07) is 7.18. The molecule has 0 aliphatic heterocycles. The minimum atomic E-state index is -3.54. The van der Waals surface area contributed by atoms with E-state index in [1.165, 1.54) is 30.3 Å². The van der Waals surface area contributed by atoms with Crippen LogP contribution in [0.15, 0.2) is 39.8 Å². The van der Waals surface area contributed by atoms with Crippen molar-refractivity contribution in [2.45, 2.75) is 31.7 Å². The lowest BCUT2D eigenvalue weighted by atomic mass is 10.3. The number of nitrogens with one attached hydrogen (secondary N) is 2. The highest BCUT2D eigenvalue weighted by atomic mass is 32.2. The zero-order valence-corrected chi connectivity index (χ0v) is 13.3. The number of amides is 1. The lowest BCUT2D eigenvalue weighted by Gasteiger charge is -2.10. The third-order valence-electron chi connectivity index (χ3n) is 2.67. The standard InChI is InChI=1S/C14H17N3O4S/c1-9(2)17-22(19,20)12-6-4-11(5-7-12)15-14(18)13-8-10(3)16-21-13/h4-9,17H,1-3H3,(H,15,18). The molecule has 1 amide bonds. The Morgan fingerprint density at radius 1 is 1.23 bits per heavy atom. The Hall–Kier alpha value is -2.19. The Bertz CT molecular complexity index is 764. The van der Waals surface area contributed by atoms with Crippen LogP contribution in [-0.4, -0.2) is 25.5 Å². The Balaban J connectivity index is 2.11. The Kier molecular flexibility index (Phi) is 4.62. The van der Waals surface area contributed by atoms with Crippen LogP contribution in [0.3, 0.4) is 0 Å². The van der Waals surface area contributed by atoms with Crippen molar-refractivity contribution in [1.82, 2.24) is 9.88 Å². The average Bonchev–Trinajstić information content (AvgIpc) is 2.85. The summed E-state index contributed by atoms with van der Waals surface area (Å²) in [6.07, 6.45) is 0. The van der Waals surface area contributed by atoms with Crippen LogP contribution >= 0.6 is 0 Å². The molecule has 0 radical (unpaired) electrons. The molecule has 1 heterocycles. The maximum atomic E-state index is 12.0. The Labute approximate surface area is 128 Å². The summed E-state index contributed by atoms with van der Waals surface area (Å²) in [5.74, 6) is -0.354. The van der Waals surface area contributed by atoms with Crippen LogP contribution in [0.4, 0.5) is 5.69 Å². The average molecular weight is 323 g/mol. The van der Waals surface area contributed by atoms with Crippen molar-refractivity contribution < 1.29 is 17.7 Å². The normalized spacial score (nSPS) is 11.6. The fraction of sp³-hybridized carbons (Fsp3) is 0.286. The van der Waals surface area contributed by atoms with Gasteiger partial charge in [0, 0.05) is 17.8 Å². The van der Waals surface area contributed by atoms with Crippen molar-refractivity contribution in [2.75, 3.05) is 5.32 Å². The van der Waals surface area contributed by atoms with E-state index in [4.69, 9.17) is 4.52 Å². The van der Waals surface area contributed by atoms with Crippen molar-refractivity contribution in [3.8, 4) is 0 Å². The molecule has 2 rings (SSSR count). The van der Waals surface area contributed by atoms with Gasteiger partial charge in [0.05, 0.1) is 10.6 Å². The molecule has 0 atom stereocenters. The lowest BCUT2D eigenvalue weighted by Crippen LogP contribution is -2.30. The van der Waals surface area contributed by atoms with Crippen LogP contribution in [0.5, 0.6) is 0 Å². The minimum absolute atomic E-state index is 0.0932. The van der Waals surface area contributed by atoms with Gasteiger partial charge in [-0.15, -0.1) is 0 Å². The van der Waals surface area contributed by atoms with E-state index in [-0.39, 0.29) is 16.7 Å². The van der Waals surface area contributed by atoms with E-state index in [9.17, 15) is 13.2 Å². The lowest BCUT2D eigenvalue weighted by molar-refractivity contribution is 0.0988. The molecule has 1 aromatic carbocycles.